The smallest absolute Gasteiger partial charge is 0.139 e. The Morgan fingerprint density at radius 3 is 2.79 bits per heavy atom. The second kappa shape index (κ2) is 3.98. The van der Waals surface area contributed by atoms with Gasteiger partial charge in [-0.05, 0) is 18.6 Å². The van der Waals surface area contributed by atoms with Crippen molar-refractivity contribution >= 4 is 0 Å². The molecule has 2 rings (SSSR count). The highest BCUT2D eigenvalue weighted by Crippen LogP contribution is 2.20. The van der Waals surface area contributed by atoms with E-state index in [-0.39, 0.29) is 12.1 Å². The molecule has 0 spiro atoms. The van der Waals surface area contributed by atoms with E-state index >= 15 is 0 Å². The largest absolute Gasteiger partial charge is 0.486 e. The first-order valence-corrected chi connectivity index (χ1v) is 4.83. The molecule has 76 valence electrons. The Hall–Kier alpha value is -1.06. The Bertz CT molecular complexity index is 314. The second-order valence-corrected chi connectivity index (χ2v) is 3.62. The lowest BCUT2D eigenvalue weighted by Crippen LogP contribution is -2.37. The van der Waals surface area contributed by atoms with E-state index in [2.05, 4.69) is 0 Å². The summed E-state index contributed by atoms with van der Waals surface area (Å²) < 4.78 is 11.0. The number of para-hydroxylation sites is 1. The molecular weight excluding hydrogens is 178 g/mol. The predicted octanol–water partition coefficient (Wildman–Crippen LogP) is 1.10. The maximum Gasteiger partial charge on any atom is 0.139 e. The van der Waals surface area contributed by atoms with Crippen molar-refractivity contribution in [3.8, 4) is 5.75 Å². The van der Waals surface area contributed by atoms with Crippen LogP contribution in [0.5, 0.6) is 5.75 Å². The van der Waals surface area contributed by atoms with Crippen molar-refractivity contribution in [3.05, 3.63) is 29.8 Å². The molecule has 0 amide bonds. The number of aryl methyl sites for hydroxylation is 1. The molecule has 1 aromatic rings. The van der Waals surface area contributed by atoms with Gasteiger partial charge in [0.2, 0.25) is 0 Å². The fourth-order valence-corrected chi connectivity index (χ4v) is 1.52. The topological polar surface area (TPSA) is 44.5 Å². The molecule has 0 unspecified atom stereocenters. The molecule has 0 aliphatic carbocycles. The zero-order valence-electron chi connectivity index (χ0n) is 8.27. The zero-order valence-corrected chi connectivity index (χ0v) is 8.27. The summed E-state index contributed by atoms with van der Waals surface area (Å²) in [6.45, 7) is 3.21. The highest BCUT2D eigenvalue weighted by atomic mass is 16.5. The molecule has 14 heavy (non-hydrogen) atoms. The number of hydrogen-bond acceptors (Lipinski definition) is 3. The van der Waals surface area contributed by atoms with E-state index in [1.54, 1.807) is 0 Å². The van der Waals surface area contributed by atoms with Crippen LogP contribution in [0.4, 0.5) is 0 Å². The minimum Gasteiger partial charge on any atom is -0.486 e. The van der Waals surface area contributed by atoms with E-state index in [9.17, 15) is 0 Å². The van der Waals surface area contributed by atoms with E-state index in [1.807, 2.05) is 31.2 Å². The van der Waals surface area contributed by atoms with Crippen LogP contribution in [0.15, 0.2) is 24.3 Å². The molecule has 0 saturated carbocycles. The maximum atomic E-state index is 5.83. The summed E-state index contributed by atoms with van der Waals surface area (Å²) in [6, 6.07) is 7.93. The first-order valence-electron chi connectivity index (χ1n) is 4.83. The van der Waals surface area contributed by atoms with Crippen LogP contribution < -0.4 is 10.5 Å². The van der Waals surface area contributed by atoms with Gasteiger partial charge in [0, 0.05) is 0 Å². The molecular formula is C11H15NO2. The van der Waals surface area contributed by atoms with Gasteiger partial charge in [0.05, 0.1) is 19.3 Å². The van der Waals surface area contributed by atoms with Gasteiger partial charge >= 0.3 is 0 Å². The van der Waals surface area contributed by atoms with Crippen LogP contribution >= 0.6 is 0 Å². The van der Waals surface area contributed by atoms with Crippen LogP contribution in [-0.2, 0) is 4.74 Å². The summed E-state index contributed by atoms with van der Waals surface area (Å²) in [7, 11) is 0. The molecule has 1 aliphatic rings. The molecule has 0 radical (unpaired) electrons. The SMILES string of the molecule is Cc1ccccc1O[C@@H]1COC[C@H]1N. The number of rotatable bonds is 2. The van der Waals surface area contributed by atoms with Crippen LogP contribution in [-0.4, -0.2) is 25.4 Å². The van der Waals surface area contributed by atoms with Crippen LogP contribution in [0, 0.1) is 6.92 Å². The lowest BCUT2D eigenvalue weighted by Gasteiger charge is -2.17. The van der Waals surface area contributed by atoms with Gasteiger partial charge < -0.3 is 15.2 Å². The lowest BCUT2D eigenvalue weighted by molar-refractivity contribution is 0.140. The molecule has 0 bridgehead atoms. The van der Waals surface area contributed by atoms with Crippen molar-refractivity contribution in [3.63, 3.8) is 0 Å². The maximum absolute atomic E-state index is 5.83. The summed E-state index contributed by atoms with van der Waals surface area (Å²) >= 11 is 0. The van der Waals surface area contributed by atoms with Gasteiger partial charge in [-0.2, -0.15) is 0 Å². The van der Waals surface area contributed by atoms with Gasteiger partial charge in [-0.1, -0.05) is 18.2 Å². The molecule has 0 aromatic heterocycles. The van der Waals surface area contributed by atoms with Gasteiger partial charge in [0.25, 0.3) is 0 Å². The molecule has 3 heteroatoms. The summed E-state index contributed by atoms with van der Waals surface area (Å²) in [4.78, 5) is 0. The number of nitrogens with two attached hydrogens (primary N) is 1. The summed E-state index contributed by atoms with van der Waals surface area (Å²) in [5.74, 6) is 0.901. The average molecular weight is 193 g/mol. The number of ether oxygens (including phenoxy) is 2. The molecule has 1 heterocycles. The third kappa shape index (κ3) is 1.89. The van der Waals surface area contributed by atoms with Crippen molar-refractivity contribution in [1.82, 2.24) is 0 Å². The Morgan fingerprint density at radius 2 is 2.14 bits per heavy atom. The molecule has 1 saturated heterocycles. The zero-order chi connectivity index (χ0) is 9.97. The van der Waals surface area contributed by atoms with E-state index in [4.69, 9.17) is 15.2 Å². The third-order valence-corrected chi connectivity index (χ3v) is 2.44. The molecule has 1 fully saturated rings. The lowest BCUT2D eigenvalue weighted by atomic mass is 10.2. The van der Waals surface area contributed by atoms with Gasteiger partial charge in [0.1, 0.15) is 11.9 Å². The highest BCUT2D eigenvalue weighted by molar-refractivity contribution is 5.32. The fraction of sp³-hybridized carbons (Fsp3) is 0.455. The van der Waals surface area contributed by atoms with Crippen LogP contribution in [0.2, 0.25) is 0 Å². The van der Waals surface area contributed by atoms with Crippen molar-refractivity contribution in [2.75, 3.05) is 13.2 Å². The average Bonchev–Trinajstić information content (AvgIpc) is 2.56. The Labute approximate surface area is 83.8 Å². The quantitative estimate of drug-likeness (QED) is 0.765. The highest BCUT2D eigenvalue weighted by Gasteiger charge is 2.26. The first-order chi connectivity index (χ1) is 6.77. The first kappa shape index (κ1) is 9.49. The Balaban J connectivity index is 2.07. The van der Waals surface area contributed by atoms with E-state index in [1.165, 1.54) is 0 Å². The second-order valence-electron chi connectivity index (χ2n) is 3.62. The molecule has 2 atom stereocenters. The normalized spacial score (nSPS) is 26.4. The van der Waals surface area contributed by atoms with Gasteiger partial charge in [0.15, 0.2) is 0 Å². The molecule has 1 aromatic carbocycles. The number of hydrogen-bond donors (Lipinski definition) is 1. The monoisotopic (exact) mass is 193 g/mol. The van der Waals surface area contributed by atoms with Crippen molar-refractivity contribution in [1.29, 1.82) is 0 Å². The van der Waals surface area contributed by atoms with Crippen LogP contribution in [0.1, 0.15) is 5.56 Å². The van der Waals surface area contributed by atoms with Crippen LogP contribution in [0.25, 0.3) is 0 Å². The van der Waals surface area contributed by atoms with Crippen molar-refractivity contribution < 1.29 is 9.47 Å². The number of benzene rings is 1. The van der Waals surface area contributed by atoms with Gasteiger partial charge in [-0.3, -0.25) is 0 Å². The minimum absolute atomic E-state index is 0.00361. The summed E-state index contributed by atoms with van der Waals surface area (Å²) in [5, 5.41) is 0. The van der Waals surface area contributed by atoms with Crippen LogP contribution in [0.3, 0.4) is 0 Å². The third-order valence-electron chi connectivity index (χ3n) is 2.44. The van der Waals surface area contributed by atoms with Crippen molar-refractivity contribution in [2.24, 2.45) is 5.73 Å². The van der Waals surface area contributed by atoms with E-state index < -0.39 is 0 Å². The van der Waals surface area contributed by atoms with E-state index in [0.717, 1.165) is 11.3 Å². The Kier molecular flexibility index (Phi) is 2.70. The van der Waals surface area contributed by atoms with Gasteiger partial charge in [-0.25, -0.2) is 0 Å². The Morgan fingerprint density at radius 1 is 1.36 bits per heavy atom. The standard InChI is InChI=1S/C11H15NO2/c1-8-4-2-3-5-10(8)14-11-7-13-6-9(11)12/h2-5,9,11H,6-7,12H2,1H3/t9-,11-/m1/s1. The minimum atomic E-state index is -0.00499. The summed E-state index contributed by atoms with van der Waals surface area (Å²) in [5.41, 5.74) is 6.96. The van der Waals surface area contributed by atoms with Crippen molar-refractivity contribution in [2.45, 2.75) is 19.1 Å². The molecule has 2 N–H and O–H groups in total. The fourth-order valence-electron chi connectivity index (χ4n) is 1.52. The molecule has 3 nitrogen and oxygen atoms in total. The van der Waals surface area contributed by atoms with E-state index in [0.29, 0.717) is 13.2 Å². The van der Waals surface area contributed by atoms with Gasteiger partial charge in [-0.15, -0.1) is 0 Å². The predicted molar refractivity (Wildman–Crippen MR) is 54.4 cm³/mol. The molecule has 1 aliphatic heterocycles. The summed E-state index contributed by atoms with van der Waals surface area (Å²) in [6.07, 6.45) is -0.00361.